The summed E-state index contributed by atoms with van der Waals surface area (Å²) < 4.78 is 0. The summed E-state index contributed by atoms with van der Waals surface area (Å²) >= 11 is 0. The summed E-state index contributed by atoms with van der Waals surface area (Å²) in [6, 6.07) is 9.14. The third-order valence-corrected chi connectivity index (χ3v) is 4.31. The standard InChI is InChI=1S/C16H22N2O/c1-11-5-3-4-6-14(11)15(12-7-8-12)17-16(19)18(2)13-9-10-13/h3-6,12-13,15H,7-10H2,1-2H3,(H,17,19). The lowest BCUT2D eigenvalue weighted by Gasteiger charge is -2.25. The van der Waals surface area contributed by atoms with Crippen LogP contribution in [0.2, 0.25) is 0 Å². The maximum atomic E-state index is 12.3. The highest BCUT2D eigenvalue weighted by atomic mass is 16.2. The molecule has 0 radical (unpaired) electrons. The van der Waals surface area contributed by atoms with Crippen molar-refractivity contribution in [3.8, 4) is 0 Å². The fraction of sp³-hybridized carbons (Fsp3) is 0.562. The lowest BCUT2D eigenvalue weighted by molar-refractivity contribution is 0.201. The van der Waals surface area contributed by atoms with Crippen LogP contribution < -0.4 is 5.32 Å². The van der Waals surface area contributed by atoms with Gasteiger partial charge in [0.1, 0.15) is 0 Å². The van der Waals surface area contributed by atoms with Gasteiger partial charge >= 0.3 is 6.03 Å². The van der Waals surface area contributed by atoms with Crippen molar-refractivity contribution in [1.29, 1.82) is 0 Å². The average molecular weight is 258 g/mol. The van der Waals surface area contributed by atoms with Crippen molar-refractivity contribution in [2.45, 2.75) is 44.7 Å². The smallest absolute Gasteiger partial charge is 0.317 e. The van der Waals surface area contributed by atoms with Gasteiger partial charge in [0.2, 0.25) is 0 Å². The summed E-state index contributed by atoms with van der Waals surface area (Å²) in [6.07, 6.45) is 4.77. The Hall–Kier alpha value is -1.51. The molecule has 0 heterocycles. The normalized spacial score (nSPS) is 19.9. The Kier molecular flexibility index (Phi) is 3.21. The van der Waals surface area contributed by atoms with E-state index in [4.69, 9.17) is 0 Å². The van der Waals surface area contributed by atoms with E-state index in [0.29, 0.717) is 12.0 Å². The quantitative estimate of drug-likeness (QED) is 0.883. The Morgan fingerprint density at radius 1 is 1.26 bits per heavy atom. The third kappa shape index (κ3) is 2.75. The molecule has 3 rings (SSSR count). The molecule has 0 bridgehead atoms. The van der Waals surface area contributed by atoms with Crippen molar-refractivity contribution >= 4 is 6.03 Å². The van der Waals surface area contributed by atoms with Gasteiger partial charge in [0.15, 0.2) is 0 Å². The predicted molar refractivity (Wildman–Crippen MR) is 76.0 cm³/mol. The van der Waals surface area contributed by atoms with Crippen LogP contribution in [-0.4, -0.2) is 24.0 Å². The van der Waals surface area contributed by atoms with E-state index in [0.717, 1.165) is 12.8 Å². The third-order valence-electron chi connectivity index (χ3n) is 4.31. The van der Waals surface area contributed by atoms with Crippen LogP contribution >= 0.6 is 0 Å². The van der Waals surface area contributed by atoms with Gasteiger partial charge < -0.3 is 10.2 Å². The highest BCUT2D eigenvalue weighted by molar-refractivity contribution is 5.75. The van der Waals surface area contributed by atoms with Gasteiger partial charge in [0, 0.05) is 13.1 Å². The molecule has 0 spiro atoms. The Labute approximate surface area is 115 Å². The summed E-state index contributed by atoms with van der Waals surface area (Å²) in [5.74, 6) is 0.623. The molecule has 0 aliphatic heterocycles. The van der Waals surface area contributed by atoms with E-state index < -0.39 is 0 Å². The molecule has 1 atom stereocenters. The van der Waals surface area contributed by atoms with Gasteiger partial charge in [-0.1, -0.05) is 24.3 Å². The van der Waals surface area contributed by atoms with Crippen molar-refractivity contribution in [2.24, 2.45) is 5.92 Å². The zero-order chi connectivity index (χ0) is 13.4. The second-order valence-electron chi connectivity index (χ2n) is 5.96. The molecule has 1 N–H and O–H groups in total. The highest BCUT2D eigenvalue weighted by Crippen LogP contribution is 2.42. The number of benzene rings is 1. The van der Waals surface area contributed by atoms with Gasteiger partial charge in [-0.05, 0) is 49.7 Å². The first-order valence-corrected chi connectivity index (χ1v) is 7.25. The maximum absolute atomic E-state index is 12.3. The maximum Gasteiger partial charge on any atom is 0.317 e. The number of carbonyl (C=O) groups excluding carboxylic acids is 1. The zero-order valence-corrected chi connectivity index (χ0v) is 11.7. The molecule has 2 amide bonds. The predicted octanol–water partition coefficient (Wildman–Crippen LogP) is 3.25. The first-order valence-electron chi connectivity index (χ1n) is 7.25. The lowest BCUT2D eigenvalue weighted by Crippen LogP contribution is -2.41. The minimum Gasteiger partial charge on any atom is -0.331 e. The number of hydrogen-bond donors (Lipinski definition) is 1. The molecule has 2 fully saturated rings. The van der Waals surface area contributed by atoms with Gasteiger partial charge in [-0.25, -0.2) is 4.79 Å². The molecule has 2 aliphatic rings. The molecule has 2 aliphatic carbocycles. The minimum absolute atomic E-state index is 0.0858. The molecule has 0 aromatic heterocycles. The SMILES string of the molecule is Cc1ccccc1C(NC(=O)N(C)C1CC1)C1CC1. The van der Waals surface area contributed by atoms with E-state index in [2.05, 4.69) is 36.5 Å². The second-order valence-corrected chi connectivity index (χ2v) is 5.96. The minimum atomic E-state index is 0.0858. The fourth-order valence-electron chi connectivity index (χ4n) is 2.68. The van der Waals surface area contributed by atoms with Gasteiger partial charge in [0.05, 0.1) is 6.04 Å². The van der Waals surface area contributed by atoms with Crippen LogP contribution in [0.1, 0.15) is 42.9 Å². The van der Waals surface area contributed by atoms with Crippen LogP contribution in [0.25, 0.3) is 0 Å². The monoisotopic (exact) mass is 258 g/mol. The highest BCUT2D eigenvalue weighted by Gasteiger charge is 2.36. The van der Waals surface area contributed by atoms with E-state index in [-0.39, 0.29) is 12.1 Å². The summed E-state index contributed by atoms with van der Waals surface area (Å²) in [5, 5.41) is 3.24. The van der Waals surface area contributed by atoms with E-state index in [1.807, 2.05) is 11.9 Å². The fourth-order valence-corrected chi connectivity index (χ4v) is 2.68. The number of urea groups is 1. The van der Waals surface area contributed by atoms with E-state index in [1.54, 1.807) is 0 Å². The number of amides is 2. The number of hydrogen-bond acceptors (Lipinski definition) is 1. The van der Waals surface area contributed by atoms with Gasteiger partial charge in [0.25, 0.3) is 0 Å². The summed E-state index contributed by atoms with van der Waals surface area (Å²) in [7, 11) is 1.91. The molecule has 1 aromatic carbocycles. The largest absolute Gasteiger partial charge is 0.331 e. The number of nitrogens with one attached hydrogen (secondary N) is 1. The van der Waals surface area contributed by atoms with Crippen LogP contribution in [0, 0.1) is 12.8 Å². The number of aryl methyl sites for hydroxylation is 1. The molecule has 102 valence electrons. The Morgan fingerprint density at radius 2 is 1.95 bits per heavy atom. The molecule has 1 aromatic rings. The Bertz CT molecular complexity index is 477. The van der Waals surface area contributed by atoms with Crippen molar-refractivity contribution < 1.29 is 4.79 Å². The molecule has 0 saturated heterocycles. The number of rotatable bonds is 4. The first-order chi connectivity index (χ1) is 9.16. The Balaban J connectivity index is 1.74. The molecule has 3 nitrogen and oxygen atoms in total. The molecule has 19 heavy (non-hydrogen) atoms. The van der Waals surface area contributed by atoms with Crippen LogP contribution in [0.15, 0.2) is 24.3 Å². The first kappa shape index (κ1) is 12.5. The average Bonchev–Trinajstić information content (AvgIpc) is 3.29. The molecule has 2 saturated carbocycles. The zero-order valence-electron chi connectivity index (χ0n) is 11.7. The van der Waals surface area contributed by atoms with Crippen LogP contribution in [-0.2, 0) is 0 Å². The summed E-state index contributed by atoms with van der Waals surface area (Å²) in [4.78, 5) is 14.1. The van der Waals surface area contributed by atoms with Crippen LogP contribution in [0.3, 0.4) is 0 Å². The van der Waals surface area contributed by atoms with Crippen molar-refractivity contribution in [3.63, 3.8) is 0 Å². The second kappa shape index (κ2) is 4.87. The van der Waals surface area contributed by atoms with Gasteiger partial charge in [-0.2, -0.15) is 0 Å². The Morgan fingerprint density at radius 3 is 2.53 bits per heavy atom. The summed E-state index contributed by atoms with van der Waals surface area (Å²) in [5.41, 5.74) is 2.55. The van der Waals surface area contributed by atoms with E-state index >= 15 is 0 Å². The van der Waals surface area contributed by atoms with Crippen molar-refractivity contribution in [3.05, 3.63) is 35.4 Å². The van der Waals surface area contributed by atoms with Crippen LogP contribution in [0.5, 0.6) is 0 Å². The lowest BCUT2D eigenvalue weighted by atomic mass is 9.98. The van der Waals surface area contributed by atoms with Gasteiger partial charge in [-0.15, -0.1) is 0 Å². The van der Waals surface area contributed by atoms with E-state index in [9.17, 15) is 4.79 Å². The molecule has 1 unspecified atom stereocenters. The number of carbonyl (C=O) groups is 1. The topological polar surface area (TPSA) is 32.3 Å². The van der Waals surface area contributed by atoms with Crippen LogP contribution in [0.4, 0.5) is 4.79 Å². The number of nitrogens with zero attached hydrogens (tertiary/aromatic N) is 1. The molecule has 3 heteroatoms. The summed E-state index contributed by atoms with van der Waals surface area (Å²) in [6.45, 7) is 2.13. The van der Waals surface area contributed by atoms with E-state index in [1.165, 1.54) is 24.0 Å². The van der Waals surface area contributed by atoms with Crippen molar-refractivity contribution in [2.75, 3.05) is 7.05 Å². The van der Waals surface area contributed by atoms with Crippen molar-refractivity contribution in [1.82, 2.24) is 10.2 Å². The molecular formula is C16H22N2O. The van der Waals surface area contributed by atoms with Gasteiger partial charge in [-0.3, -0.25) is 0 Å². The molecular weight excluding hydrogens is 236 g/mol.